The minimum absolute atomic E-state index is 0.0433. The Morgan fingerprint density at radius 3 is 2.70 bits per heavy atom. The summed E-state index contributed by atoms with van der Waals surface area (Å²) >= 11 is 0. The van der Waals surface area contributed by atoms with Crippen molar-refractivity contribution < 1.29 is 14.3 Å². The Morgan fingerprint density at radius 1 is 1.11 bits per heavy atom. The average Bonchev–Trinajstić information content (AvgIpc) is 3.17. The minimum Gasteiger partial charge on any atom is -0.454 e. The zero-order valence-electron chi connectivity index (χ0n) is 15.4. The van der Waals surface area contributed by atoms with Gasteiger partial charge >= 0.3 is 0 Å². The number of ether oxygens (including phenoxy) is 2. The normalized spacial score (nSPS) is 16.1. The summed E-state index contributed by atoms with van der Waals surface area (Å²) < 4.78 is 10.8. The van der Waals surface area contributed by atoms with Gasteiger partial charge < -0.3 is 9.47 Å². The summed E-state index contributed by atoms with van der Waals surface area (Å²) in [5, 5.41) is 0. The molecule has 1 saturated carbocycles. The summed E-state index contributed by atoms with van der Waals surface area (Å²) in [6.07, 6.45) is 7.77. The van der Waals surface area contributed by atoms with E-state index >= 15 is 0 Å². The van der Waals surface area contributed by atoms with E-state index in [4.69, 9.17) is 9.47 Å². The second-order valence-corrected chi connectivity index (χ2v) is 7.12. The summed E-state index contributed by atoms with van der Waals surface area (Å²) in [5.74, 6) is 2.13. The van der Waals surface area contributed by atoms with E-state index < -0.39 is 0 Å². The maximum absolute atomic E-state index is 13.3. The third-order valence-corrected chi connectivity index (χ3v) is 5.21. The lowest BCUT2D eigenvalue weighted by Gasteiger charge is -2.34. The molecule has 0 spiro atoms. The molecule has 2 aliphatic rings. The zero-order valence-corrected chi connectivity index (χ0v) is 15.4. The number of carbonyl (C=O) groups is 1. The summed E-state index contributed by atoms with van der Waals surface area (Å²) in [5.41, 5.74) is 1.55. The van der Waals surface area contributed by atoms with Crippen molar-refractivity contribution in [2.45, 2.75) is 44.6 Å². The van der Waals surface area contributed by atoms with Gasteiger partial charge in [-0.05, 0) is 42.7 Å². The van der Waals surface area contributed by atoms with E-state index in [0.717, 1.165) is 42.7 Å². The molecule has 5 nitrogen and oxygen atoms in total. The molecule has 1 aliphatic heterocycles. The zero-order chi connectivity index (χ0) is 18.6. The second kappa shape index (κ2) is 7.82. The molecule has 5 heteroatoms. The van der Waals surface area contributed by atoms with E-state index in [1.807, 2.05) is 41.3 Å². The molecule has 27 heavy (non-hydrogen) atoms. The van der Waals surface area contributed by atoms with Gasteiger partial charge in [-0.25, -0.2) is 4.98 Å². The van der Waals surface area contributed by atoms with Crippen LogP contribution in [0.25, 0.3) is 0 Å². The van der Waals surface area contributed by atoms with Gasteiger partial charge in [0.05, 0.1) is 0 Å². The highest BCUT2D eigenvalue weighted by Gasteiger charge is 2.29. The van der Waals surface area contributed by atoms with Crippen LogP contribution >= 0.6 is 0 Å². The van der Waals surface area contributed by atoms with Crippen LogP contribution < -0.4 is 14.4 Å². The predicted octanol–water partition coefficient (Wildman–Crippen LogP) is 4.27. The van der Waals surface area contributed by atoms with Gasteiger partial charge in [-0.15, -0.1) is 0 Å². The minimum atomic E-state index is -0.0433. The number of carbonyl (C=O) groups excluding carboxylic acids is 1. The van der Waals surface area contributed by atoms with Crippen molar-refractivity contribution in [3.8, 4) is 11.5 Å². The quantitative estimate of drug-likeness (QED) is 0.743. The molecule has 1 amide bonds. The number of benzene rings is 1. The van der Waals surface area contributed by atoms with Gasteiger partial charge in [0, 0.05) is 24.2 Å². The molecule has 1 aliphatic carbocycles. The summed E-state index contributed by atoms with van der Waals surface area (Å²) in [6.45, 7) is 4.34. The Morgan fingerprint density at radius 2 is 1.93 bits per heavy atom. The second-order valence-electron chi connectivity index (χ2n) is 7.12. The van der Waals surface area contributed by atoms with Crippen molar-refractivity contribution in [1.82, 2.24) is 4.98 Å². The van der Waals surface area contributed by atoms with Gasteiger partial charge in [-0.3, -0.25) is 9.69 Å². The van der Waals surface area contributed by atoms with E-state index in [0.29, 0.717) is 17.8 Å². The highest BCUT2D eigenvalue weighted by molar-refractivity contribution is 6.05. The highest BCUT2D eigenvalue weighted by atomic mass is 16.7. The largest absolute Gasteiger partial charge is 0.454 e. The first kappa shape index (κ1) is 17.6. The van der Waals surface area contributed by atoms with Crippen molar-refractivity contribution in [2.24, 2.45) is 0 Å². The molecule has 2 aromatic rings. The number of amides is 1. The molecule has 0 N–H and O–H groups in total. The molecular formula is C22H24N2O3. The van der Waals surface area contributed by atoms with E-state index in [2.05, 4.69) is 11.6 Å². The van der Waals surface area contributed by atoms with Crippen LogP contribution in [0.15, 0.2) is 54.7 Å². The molecule has 0 radical (unpaired) electrons. The van der Waals surface area contributed by atoms with Crippen LogP contribution in [-0.4, -0.2) is 23.7 Å². The van der Waals surface area contributed by atoms with Crippen LogP contribution in [0, 0.1) is 0 Å². The standard InChI is InChI=1S/C22H24N2O3/c1-16(13-17-10-11-19-20(14-17)27-15-26-19)22(25)24(18-7-3-2-4-8-18)21-9-5-6-12-23-21/h5-6,9-12,14,18H,1-4,7-8,13,15H2. The monoisotopic (exact) mass is 364 g/mol. The van der Waals surface area contributed by atoms with Crippen LogP contribution in [0.3, 0.4) is 0 Å². The number of aromatic nitrogens is 1. The van der Waals surface area contributed by atoms with Crippen molar-refractivity contribution in [1.29, 1.82) is 0 Å². The Bertz CT molecular complexity index is 829. The fourth-order valence-electron chi connectivity index (χ4n) is 3.84. The van der Waals surface area contributed by atoms with Crippen molar-refractivity contribution in [3.63, 3.8) is 0 Å². The molecule has 140 valence electrons. The number of hydrogen-bond acceptors (Lipinski definition) is 4. The Labute approximate surface area is 159 Å². The van der Waals surface area contributed by atoms with E-state index in [1.165, 1.54) is 6.42 Å². The Balaban J connectivity index is 1.54. The molecule has 1 aromatic heterocycles. The van der Waals surface area contributed by atoms with Crippen LogP contribution in [0.4, 0.5) is 5.82 Å². The Hall–Kier alpha value is -2.82. The lowest BCUT2D eigenvalue weighted by atomic mass is 9.93. The van der Waals surface area contributed by atoms with E-state index in [-0.39, 0.29) is 18.7 Å². The molecule has 0 unspecified atom stereocenters. The molecular weight excluding hydrogens is 340 g/mol. The van der Waals surface area contributed by atoms with Crippen LogP contribution in [-0.2, 0) is 11.2 Å². The molecule has 0 atom stereocenters. The first-order valence-corrected chi connectivity index (χ1v) is 9.53. The van der Waals surface area contributed by atoms with Gasteiger partial charge in [0.1, 0.15) is 5.82 Å². The number of fused-ring (bicyclic) bond motifs is 1. The molecule has 4 rings (SSSR count). The van der Waals surface area contributed by atoms with Gasteiger partial charge in [0.2, 0.25) is 6.79 Å². The van der Waals surface area contributed by atoms with Crippen molar-refractivity contribution in [2.75, 3.05) is 11.7 Å². The highest BCUT2D eigenvalue weighted by Crippen LogP contribution is 2.33. The topological polar surface area (TPSA) is 51.7 Å². The van der Waals surface area contributed by atoms with Crippen molar-refractivity contribution >= 4 is 11.7 Å². The van der Waals surface area contributed by atoms with E-state index in [1.54, 1.807) is 6.20 Å². The lowest BCUT2D eigenvalue weighted by Crippen LogP contribution is -2.43. The lowest BCUT2D eigenvalue weighted by molar-refractivity contribution is -0.115. The fourth-order valence-corrected chi connectivity index (χ4v) is 3.84. The third kappa shape index (κ3) is 3.82. The van der Waals surface area contributed by atoms with Gasteiger partial charge in [-0.2, -0.15) is 0 Å². The van der Waals surface area contributed by atoms with Crippen LogP contribution in [0.5, 0.6) is 11.5 Å². The number of hydrogen-bond donors (Lipinski definition) is 0. The first-order chi connectivity index (χ1) is 13.2. The summed E-state index contributed by atoms with van der Waals surface area (Å²) in [6, 6.07) is 11.6. The average molecular weight is 364 g/mol. The molecule has 0 bridgehead atoms. The SMILES string of the molecule is C=C(Cc1ccc2c(c1)OCO2)C(=O)N(c1ccccn1)C1CCCCC1. The van der Waals surface area contributed by atoms with Crippen LogP contribution in [0.2, 0.25) is 0 Å². The smallest absolute Gasteiger partial charge is 0.255 e. The van der Waals surface area contributed by atoms with Gasteiger partial charge in [-0.1, -0.05) is 38.0 Å². The number of pyridine rings is 1. The number of anilines is 1. The van der Waals surface area contributed by atoms with Gasteiger partial charge in [0.15, 0.2) is 11.5 Å². The molecule has 1 aromatic carbocycles. The van der Waals surface area contributed by atoms with Crippen LogP contribution in [0.1, 0.15) is 37.7 Å². The predicted molar refractivity (Wildman–Crippen MR) is 104 cm³/mol. The fraction of sp³-hybridized carbons (Fsp3) is 0.364. The summed E-state index contributed by atoms with van der Waals surface area (Å²) in [4.78, 5) is 19.6. The Kier molecular flexibility index (Phi) is 5.10. The van der Waals surface area contributed by atoms with Gasteiger partial charge in [0.25, 0.3) is 5.91 Å². The number of rotatable bonds is 5. The maximum atomic E-state index is 13.3. The molecule has 2 heterocycles. The molecule has 1 fully saturated rings. The summed E-state index contributed by atoms with van der Waals surface area (Å²) in [7, 11) is 0. The van der Waals surface area contributed by atoms with Crippen molar-refractivity contribution in [3.05, 3.63) is 60.3 Å². The van der Waals surface area contributed by atoms with E-state index in [9.17, 15) is 4.79 Å². The first-order valence-electron chi connectivity index (χ1n) is 9.53. The maximum Gasteiger partial charge on any atom is 0.255 e. The third-order valence-electron chi connectivity index (χ3n) is 5.21. The molecule has 0 saturated heterocycles. The number of nitrogens with zero attached hydrogens (tertiary/aromatic N) is 2.